The number of para-hydroxylation sites is 1. The molecule has 0 aromatic heterocycles. The highest BCUT2D eigenvalue weighted by Crippen LogP contribution is 2.17. The second-order valence-corrected chi connectivity index (χ2v) is 2.78. The number of benzene rings is 1. The first-order chi connectivity index (χ1) is 5.74. The molecule has 0 aliphatic rings. The van der Waals surface area contributed by atoms with E-state index in [-0.39, 0.29) is 6.10 Å². The molecule has 0 radical (unpaired) electrons. The third kappa shape index (κ3) is 2.22. The number of rotatable bonds is 3. The van der Waals surface area contributed by atoms with Crippen LogP contribution in [0.2, 0.25) is 0 Å². The number of aromatic hydroxyl groups is 1. The number of phenolic OH excluding ortho intramolecular Hbond substituents is 1. The molecule has 0 bridgehead atoms. The molecule has 0 amide bonds. The number of phenols is 1. The predicted molar refractivity (Wildman–Crippen MR) is 46.5 cm³/mol. The molecule has 1 unspecified atom stereocenters. The lowest BCUT2D eigenvalue weighted by Gasteiger charge is -2.09. The summed E-state index contributed by atoms with van der Waals surface area (Å²) in [6.07, 6.45) is 0.557. The summed E-state index contributed by atoms with van der Waals surface area (Å²) < 4.78 is 0. The quantitative estimate of drug-likeness (QED) is 0.665. The van der Waals surface area contributed by atoms with E-state index in [2.05, 4.69) is 4.84 Å². The summed E-state index contributed by atoms with van der Waals surface area (Å²) >= 11 is 0. The predicted octanol–water partition coefficient (Wildman–Crippen LogP) is 1.21. The van der Waals surface area contributed by atoms with Gasteiger partial charge in [0.2, 0.25) is 0 Å². The summed E-state index contributed by atoms with van der Waals surface area (Å²) in [6, 6.07) is 7.16. The Balaban J connectivity index is 2.69. The first kappa shape index (κ1) is 9.03. The average molecular weight is 167 g/mol. The van der Waals surface area contributed by atoms with Crippen molar-refractivity contribution in [1.29, 1.82) is 0 Å². The minimum atomic E-state index is -0.0710. The molecule has 1 atom stereocenters. The Morgan fingerprint density at radius 3 is 2.75 bits per heavy atom. The number of hydrogen-bond acceptors (Lipinski definition) is 3. The molecule has 3 nitrogen and oxygen atoms in total. The lowest BCUT2D eigenvalue weighted by Crippen LogP contribution is -2.15. The van der Waals surface area contributed by atoms with Crippen LogP contribution < -0.4 is 5.90 Å². The zero-order valence-corrected chi connectivity index (χ0v) is 7.03. The lowest BCUT2D eigenvalue weighted by molar-refractivity contribution is 0.0666. The van der Waals surface area contributed by atoms with Gasteiger partial charge in [0.15, 0.2) is 0 Å². The van der Waals surface area contributed by atoms with E-state index in [0.717, 1.165) is 5.56 Å². The third-order valence-electron chi connectivity index (χ3n) is 1.73. The number of nitrogens with two attached hydrogens (primary N) is 1. The molecule has 0 heterocycles. The fourth-order valence-electron chi connectivity index (χ4n) is 1.04. The van der Waals surface area contributed by atoms with Crippen molar-refractivity contribution in [3.8, 4) is 5.75 Å². The first-order valence-corrected chi connectivity index (χ1v) is 3.86. The van der Waals surface area contributed by atoms with E-state index in [1.165, 1.54) is 0 Å². The van der Waals surface area contributed by atoms with E-state index in [0.29, 0.717) is 12.2 Å². The van der Waals surface area contributed by atoms with Crippen molar-refractivity contribution in [1.82, 2.24) is 0 Å². The molecule has 1 aromatic carbocycles. The third-order valence-corrected chi connectivity index (χ3v) is 1.73. The maximum absolute atomic E-state index is 9.36. The number of hydrogen-bond donors (Lipinski definition) is 2. The summed E-state index contributed by atoms with van der Waals surface area (Å²) in [5, 5.41) is 9.36. The van der Waals surface area contributed by atoms with Gasteiger partial charge >= 0.3 is 0 Å². The van der Waals surface area contributed by atoms with Crippen molar-refractivity contribution in [3.05, 3.63) is 29.8 Å². The Bertz CT molecular complexity index is 250. The standard InChI is InChI=1S/C9H13NO2/c1-7(12-10)6-8-4-2-3-5-9(8)11/h2-5,7,11H,6,10H2,1H3. The largest absolute Gasteiger partial charge is 0.508 e. The van der Waals surface area contributed by atoms with Crippen molar-refractivity contribution in [3.63, 3.8) is 0 Å². The summed E-state index contributed by atoms with van der Waals surface area (Å²) in [5.41, 5.74) is 0.857. The van der Waals surface area contributed by atoms with Gasteiger partial charge in [-0.15, -0.1) is 0 Å². The molecular weight excluding hydrogens is 154 g/mol. The maximum Gasteiger partial charge on any atom is 0.118 e. The van der Waals surface area contributed by atoms with E-state index in [4.69, 9.17) is 5.90 Å². The zero-order valence-electron chi connectivity index (χ0n) is 7.03. The van der Waals surface area contributed by atoms with Gasteiger partial charge in [-0.05, 0) is 18.6 Å². The van der Waals surface area contributed by atoms with E-state index in [9.17, 15) is 5.11 Å². The van der Waals surface area contributed by atoms with Crippen LogP contribution in [0.5, 0.6) is 5.75 Å². The highest BCUT2D eigenvalue weighted by atomic mass is 16.6. The van der Waals surface area contributed by atoms with Crippen molar-refractivity contribution in [2.24, 2.45) is 5.90 Å². The fourth-order valence-corrected chi connectivity index (χ4v) is 1.04. The molecule has 66 valence electrons. The van der Waals surface area contributed by atoms with Gasteiger partial charge in [0.05, 0.1) is 6.10 Å². The van der Waals surface area contributed by atoms with Gasteiger partial charge in [-0.2, -0.15) is 0 Å². The molecule has 3 heteroatoms. The van der Waals surface area contributed by atoms with Gasteiger partial charge in [-0.3, -0.25) is 0 Å². The van der Waals surface area contributed by atoms with Crippen molar-refractivity contribution in [2.75, 3.05) is 0 Å². The molecule has 12 heavy (non-hydrogen) atoms. The van der Waals surface area contributed by atoms with Crippen molar-refractivity contribution < 1.29 is 9.94 Å². The lowest BCUT2D eigenvalue weighted by atomic mass is 10.1. The fraction of sp³-hybridized carbons (Fsp3) is 0.333. The smallest absolute Gasteiger partial charge is 0.118 e. The molecule has 0 spiro atoms. The van der Waals surface area contributed by atoms with Crippen molar-refractivity contribution >= 4 is 0 Å². The Hall–Kier alpha value is -1.06. The summed E-state index contributed by atoms with van der Waals surface area (Å²) in [6.45, 7) is 1.85. The average Bonchev–Trinajstić information content (AvgIpc) is 2.09. The van der Waals surface area contributed by atoms with Crippen LogP contribution in [-0.4, -0.2) is 11.2 Å². The minimum Gasteiger partial charge on any atom is -0.508 e. The van der Waals surface area contributed by atoms with Crippen LogP contribution in [0, 0.1) is 0 Å². The minimum absolute atomic E-state index is 0.0710. The summed E-state index contributed by atoms with van der Waals surface area (Å²) in [7, 11) is 0. The normalized spacial score (nSPS) is 12.8. The topological polar surface area (TPSA) is 55.5 Å². The molecule has 0 aliphatic heterocycles. The molecule has 0 fully saturated rings. The van der Waals surface area contributed by atoms with E-state index < -0.39 is 0 Å². The molecule has 0 aliphatic carbocycles. The Morgan fingerprint density at radius 1 is 1.50 bits per heavy atom. The Morgan fingerprint density at radius 2 is 2.17 bits per heavy atom. The van der Waals surface area contributed by atoms with E-state index in [1.54, 1.807) is 12.1 Å². The van der Waals surface area contributed by atoms with Gasteiger partial charge in [0.1, 0.15) is 5.75 Å². The monoisotopic (exact) mass is 167 g/mol. The SMILES string of the molecule is CC(Cc1ccccc1O)ON. The van der Waals surface area contributed by atoms with Crippen LogP contribution in [0.3, 0.4) is 0 Å². The zero-order chi connectivity index (χ0) is 8.97. The van der Waals surface area contributed by atoms with Crippen LogP contribution >= 0.6 is 0 Å². The molecule has 1 rings (SSSR count). The summed E-state index contributed by atoms with van der Waals surface area (Å²) in [4.78, 5) is 4.60. The van der Waals surface area contributed by atoms with Crippen LogP contribution in [0.25, 0.3) is 0 Å². The molecule has 0 saturated heterocycles. The van der Waals surface area contributed by atoms with Crippen molar-refractivity contribution in [2.45, 2.75) is 19.4 Å². The Labute approximate surface area is 71.7 Å². The first-order valence-electron chi connectivity index (χ1n) is 3.86. The Kier molecular flexibility index (Phi) is 3.08. The van der Waals surface area contributed by atoms with E-state index >= 15 is 0 Å². The second-order valence-electron chi connectivity index (χ2n) is 2.78. The second kappa shape index (κ2) is 4.09. The highest BCUT2D eigenvalue weighted by molar-refractivity contribution is 5.32. The molecule has 0 saturated carbocycles. The van der Waals surface area contributed by atoms with Crippen LogP contribution in [0.1, 0.15) is 12.5 Å². The molecular formula is C9H13NO2. The van der Waals surface area contributed by atoms with Crippen LogP contribution in [-0.2, 0) is 11.3 Å². The van der Waals surface area contributed by atoms with Gasteiger partial charge in [0, 0.05) is 6.42 Å². The van der Waals surface area contributed by atoms with Gasteiger partial charge in [-0.1, -0.05) is 18.2 Å². The molecule has 1 aromatic rings. The van der Waals surface area contributed by atoms with Gasteiger partial charge < -0.3 is 9.94 Å². The summed E-state index contributed by atoms with van der Waals surface area (Å²) in [5.74, 6) is 5.28. The molecule has 3 N–H and O–H groups in total. The highest BCUT2D eigenvalue weighted by Gasteiger charge is 2.05. The van der Waals surface area contributed by atoms with E-state index in [1.807, 2.05) is 19.1 Å². The van der Waals surface area contributed by atoms with Gasteiger partial charge in [0.25, 0.3) is 0 Å². The van der Waals surface area contributed by atoms with Gasteiger partial charge in [-0.25, -0.2) is 5.90 Å². The maximum atomic E-state index is 9.36. The van der Waals surface area contributed by atoms with Crippen LogP contribution in [0.15, 0.2) is 24.3 Å². The van der Waals surface area contributed by atoms with Crippen LogP contribution in [0.4, 0.5) is 0 Å².